The molecule has 1 aromatic heterocycles. The fourth-order valence-corrected chi connectivity index (χ4v) is 2.19. The van der Waals surface area contributed by atoms with Gasteiger partial charge in [-0.05, 0) is 24.6 Å². The molecule has 2 heterocycles. The number of nitrogens with zero attached hydrogens (tertiary/aromatic N) is 2. The number of hydrogen-bond donors (Lipinski definition) is 1. The molecular weight excluding hydrogens is 242 g/mol. The Balaban J connectivity index is 1.91. The van der Waals surface area contributed by atoms with Gasteiger partial charge in [-0.1, -0.05) is 0 Å². The van der Waals surface area contributed by atoms with Gasteiger partial charge in [-0.2, -0.15) is 0 Å². The number of carbonyl (C=O) groups excluding carboxylic acids is 1. The van der Waals surface area contributed by atoms with E-state index >= 15 is 0 Å². The summed E-state index contributed by atoms with van der Waals surface area (Å²) in [6.07, 6.45) is 3.98. The first kappa shape index (κ1) is 14.0. The van der Waals surface area contributed by atoms with Crippen molar-refractivity contribution < 1.29 is 9.53 Å². The van der Waals surface area contributed by atoms with E-state index in [-0.39, 0.29) is 18.0 Å². The first-order valence-corrected chi connectivity index (χ1v) is 6.65. The highest BCUT2D eigenvalue weighted by Gasteiger charge is 2.22. The average molecular weight is 263 g/mol. The topological polar surface area (TPSA) is 54.5 Å². The molecule has 1 aromatic rings. The third kappa shape index (κ3) is 3.75. The molecule has 0 spiro atoms. The zero-order chi connectivity index (χ0) is 13.7. The highest BCUT2D eigenvalue weighted by molar-refractivity contribution is 5.77. The predicted molar refractivity (Wildman–Crippen MR) is 72.6 cm³/mol. The Morgan fingerprint density at radius 3 is 2.95 bits per heavy atom. The molecule has 104 valence electrons. The van der Waals surface area contributed by atoms with Gasteiger partial charge >= 0.3 is 0 Å². The summed E-state index contributed by atoms with van der Waals surface area (Å²) in [5, 5.41) is 3.30. The standard InChI is InChI=1S/C14H21N3O2/c1-11(12-3-5-15-6-4-12)17(2)14(18)9-13-10-19-8-7-16-13/h3-6,11,13,16H,7-10H2,1-2H3/t11-,13-/m1/s1. The number of ether oxygens (including phenoxy) is 1. The molecule has 0 bridgehead atoms. The van der Waals surface area contributed by atoms with Crippen LogP contribution in [0.2, 0.25) is 0 Å². The zero-order valence-corrected chi connectivity index (χ0v) is 11.5. The third-order valence-electron chi connectivity index (χ3n) is 3.58. The Kier molecular flexibility index (Phi) is 4.87. The van der Waals surface area contributed by atoms with Gasteiger partial charge in [-0.3, -0.25) is 9.78 Å². The second-order valence-corrected chi connectivity index (χ2v) is 4.89. The molecule has 5 nitrogen and oxygen atoms in total. The Morgan fingerprint density at radius 2 is 2.32 bits per heavy atom. The fourth-order valence-electron chi connectivity index (χ4n) is 2.19. The quantitative estimate of drug-likeness (QED) is 0.880. The van der Waals surface area contributed by atoms with Crippen LogP contribution in [-0.4, -0.2) is 48.6 Å². The molecule has 0 saturated carbocycles. The van der Waals surface area contributed by atoms with Gasteiger partial charge in [0, 0.05) is 38.4 Å². The summed E-state index contributed by atoms with van der Waals surface area (Å²) in [4.78, 5) is 18.0. The van der Waals surface area contributed by atoms with Crippen LogP contribution >= 0.6 is 0 Å². The van der Waals surface area contributed by atoms with Crippen molar-refractivity contribution in [2.24, 2.45) is 0 Å². The maximum atomic E-state index is 12.2. The smallest absolute Gasteiger partial charge is 0.224 e. The Morgan fingerprint density at radius 1 is 1.58 bits per heavy atom. The summed E-state index contributed by atoms with van der Waals surface area (Å²) in [6, 6.07) is 4.07. The van der Waals surface area contributed by atoms with Gasteiger partial charge in [0.15, 0.2) is 0 Å². The molecule has 0 unspecified atom stereocenters. The van der Waals surface area contributed by atoms with Crippen molar-refractivity contribution in [2.45, 2.75) is 25.4 Å². The van der Waals surface area contributed by atoms with Crippen LogP contribution in [0.5, 0.6) is 0 Å². The van der Waals surface area contributed by atoms with Crippen molar-refractivity contribution in [2.75, 3.05) is 26.8 Å². The minimum absolute atomic E-state index is 0.0556. The van der Waals surface area contributed by atoms with E-state index < -0.39 is 0 Å². The van der Waals surface area contributed by atoms with E-state index in [4.69, 9.17) is 4.74 Å². The van der Waals surface area contributed by atoms with Gasteiger partial charge < -0.3 is 15.0 Å². The zero-order valence-electron chi connectivity index (χ0n) is 11.5. The molecule has 1 aliphatic rings. The lowest BCUT2D eigenvalue weighted by Crippen LogP contribution is -2.44. The van der Waals surface area contributed by atoms with Crippen molar-refractivity contribution in [1.29, 1.82) is 0 Å². The monoisotopic (exact) mass is 263 g/mol. The second-order valence-electron chi connectivity index (χ2n) is 4.89. The SMILES string of the molecule is C[C@H](c1ccncc1)N(C)C(=O)C[C@@H]1COCCN1. The van der Waals surface area contributed by atoms with E-state index in [9.17, 15) is 4.79 Å². The Bertz CT molecular complexity index is 404. The summed E-state index contributed by atoms with van der Waals surface area (Å²) in [5.74, 6) is 0.132. The van der Waals surface area contributed by atoms with E-state index in [1.54, 1.807) is 17.3 Å². The maximum absolute atomic E-state index is 12.2. The predicted octanol–water partition coefficient (Wildman–Crippen LogP) is 0.979. The number of carbonyl (C=O) groups is 1. The molecule has 1 amide bonds. The Hall–Kier alpha value is -1.46. The average Bonchev–Trinajstić information content (AvgIpc) is 2.47. The molecular formula is C14H21N3O2. The van der Waals surface area contributed by atoms with E-state index in [1.807, 2.05) is 26.1 Å². The minimum atomic E-state index is 0.0556. The van der Waals surface area contributed by atoms with Crippen molar-refractivity contribution in [3.05, 3.63) is 30.1 Å². The van der Waals surface area contributed by atoms with Crippen LogP contribution in [-0.2, 0) is 9.53 Å². The summed E-state index contributed by atoms with van der Waals surface area (Å²) in [6.45, 7) is 4.19. The summed E-state index contributed by atoms with van der Waals surface area (Å²) in [7, 11) is 1.84. The molecule has 0 aromatic carbocycles. The summed E-state index contributed by atoms with van der Waals surface area (Å²) in [5.41, 5.74) is 1.10. The number of aromatic nitrogens is 1. The van der Waals surface area contributed by atoms with Crippen LogP contribution in [0.4, 0.5) is 0 Å². The molecule has 5 heteroatoms. The fraction of sp³-hybridized carbons (Fsp3) is 0.571. The third-order valence-corrected chi connectivity index (χ3v) is 3.58. The molecule has 1 N–H and O–H groups in total. The second kappa shape index (κ2) is 6.63. The Labute approximate surface area is 114 Å². The molecule has 0 radical (unpaired) electrons. The van der Waals surface area contributed by atoms with Gasteiger partial charge in [0.05, 0.1) is 19.3 Å². The van der Waals surface area contributed by atoms with Crippen molar-refractivity contribution in [3.8, 4) is 0 Å². The van der Waals surface area contributed by atoms with Crippen LogP contribution in [0, 0.1) is 0 Å². The number of morpholine rings is 1. The first-order valence-electron chi connectivity index (χ1n) is 6.65. The number of amides is 1. The highest BCUT2D eigenvalue weighted by atomic mass is 16.5. The molecule has 1 aliphatic heterocycles. The summed E-state index contributed by atoms with van der Waals surface area (Å²) < 4.78 is 5.37. The normalized spacial score (nSPS) is 20.8. The molecule has 0 aliphatic carbocycles. The van der Waals surface area contributed by atoms with Crippen LogP contribution in [0.1, 0.15) is 24.9 Å². The van der Waals surface area contributed by atoms with Gasteiger partial charge in [0.2, 0.25) is 5.91 Å². The number of hydrogen-bond acceptors (Lipinski definition) is 4. The van der Waals surface area contributed by atoms with Crippen LogP contribution in [0.25, 0.3) is 0 Å². The van der Waals surface area contributed by atoms with E-state index in [2.05, 4.69) is 10.3 Å². The molecule has 1 saturated heterocycles. The van der Waals surface area contributed by atoms with Crippen LogP contribution in [0.3, 0.4) is 0 Å². The lowest BCUT2D eigenvalue weighted by atomic mass is 10.1. The molecule has 2 rings (SSSR count). The molecule has 19 heavy (non-hydrogen) atoms. The first-order chi connectivity index (χ1) is 9.18. The van der Waals surface area contributed by atoms with E-state index in [1.165, 1.54) is 0 Å². The highest BCUT2D eigenvalue weighted by Crippen LogP contribution is 2.18. The van der Waals surface area contributed by atoms with Crippen LogP contribution in [0.15, 0.2) is 24.5 Å². The summed E-state index contributed by atoms with van der Waals surface area (Å²) >= 11 is 0. The number of nitrogens with one attached hydrogen (secondary N) is 1. The lowest BCUT2D eigenvalue weighted by molar-refractivity contribution is -0.133. The largest absolute Gasteiger partial charge is 0.378 e. The number of pyridine rings is 1. The van der Waals surface area contributed by atoms with Crippen LogP contribution < -0.4 is 5.32 Å². The van der Waals surface area contributed by atoms with Gasteiger partial charge in [0.1, 0.15) is 0 Å². The van der Waals surface area contributed by atoms with Gasteiger partial charge in [-0.25, -0.2) is 0 Å². The van der Waals surface area contributed by atoms with Gasteiger partial charge in [-0.15, -0.1) is 0 Å². The van der Waals surface area contributed by atoms with Crippen molar-refractivity contribution >= 4 is 5.91 Å². The van der Waals surface area contributed by atoms with Crippen molar-refractivity contribution in [1.82, 2.24) is 15.2 Å². The van der Waals surface area contributed by atoms with Crippen molar-refractivity contribution in [3.63, 3.8) is 0 Å². The minimum Gasteiger partial charge on any atom is -0.378 e. The lowest BCUT2D eigenvalue weighted by Gasteiger charge is -2.29. The number of rotatable bonds is 4. The molecule has 2 atom stereocenters. The maximum Gasteiger partial charge on any atom is 0.224 e. The molecule has 1 fully saturated rings. The van der Waals surface area contributed by atoms with E-state index in [0.717, 1.165) is 18.7 Å². The van der Waals surface area contributed by atoms with Gasteiger partial charge in [0.25, 0.3) is 0 Å². The van der Waals surface area contributed by atoms with E-state index in [0.29, 0.717) is 13.0 Å².